The highest BCUT2D eigenvalue weighted by molar-refractivity contribution is 7.98. The van der Waals surface area contributed by atoms with E-state index < -0.39 is 94.3 Å². The van der Waals surface area contributed by atoms with Crippen molar-refractivity contribution in [3.05, 3.63) is 102 Å². The summed E-state index contributed by atoms with van der Waals surface area (Å²) in [6.45, 7) is 0.124. The molecule has 4 aromatic rings. The molecule has 4 rings (SSSR count). The van der Waals surface area contributed by atoms with Crippen LogP contribution < -0.4 is 37.6 Å². The van der Waals surface area contributed by atoms with Crippen molar-refractivity contribution >= 4 is 80.3 Å². The molecule has 0 aliphatic heterocycles. The number of unbranched alkanes of at least 4 members (excludes halogenated alkanes) is 2. The monoisotopic (exact) mass is 980 g/mol. The number of H-pyrrole nitrogens is 1. The van der Waals surface area contributed by atoms with E-state index in [1.165, 1.54) is 23.9 Å². The molecule has 1 aromatic heterocycles. The SMILES string of the molecule is CSCC[C@H](NC(=O)[C@H](Cc1c[nH]c2ccccc12)NC(=O)CCCCCNC(=O)[C@H](Cc1ccc(S(=O)(=O)O)cc1)NC(=O)O)C(=O)N[C@@H](CC(=O)O)C(=O)N[C@@H](Cc1ccccc1)C(N)=O. The number of hydrogen-bond acceptors (Lipinski definition) is 11. The first-order valence-corrected chi connectivity index (χ1v) is 24.3. The van der Waals surface area contributed by atoms with Crippen LogP contribution >= 0.6 is 11.8 Å². The minimum atomic E-state index is -4.45. The Bertz CT molecular complexity index is 2510. The maximum absolute atomic E-state index is 14.1. The number of aromatic nitrogens is 1. The van der Waals surface area contributed by atoms with Gasteiger partial charge in [-0.3, -0.25) is 38.1 Å². The van der Waals surface area contributed by atoms with Crippen LogP contribution in [0.4, 0.5) is 4.79 Å². The van der Waals surface area contributed by atoms with Crippen LogP contribution in [0, 0.1) is 0 Å². The Morgan fingerprint density at radius 3 is 1.90 bits per heavy atom. The number of primary amides is 1. The number of nitrogens with one attached hydrogen (secondary N) is 7. The van der Waals surface area contributed by atoms with E-state index in [-0.39, 0.29) is 43.5 Å². The van der Waals surface area contributed by atoms with E-state index in [2.05, 4.69) is 36.9 Å². The lowest BCUT2D eigenvalue weighted by Crippen LogP contribution is -2.59. The number of carbonyl (C=O) groups is 8. The fourth-order valence-corrected chi connectivity index (χ4v) is 8.04. The van der Waals surface area contributed by atoms with Crippen molar-refractivity contribution in [1.82, 2.24) is 36.9 Å². The van der Waals surface area contributed by atoms with Gasteiger partial charge in [-0.1, -0.05) is 67.1 Å². The van der Waals surface area contributed by atoms with Gasteiger partial charge in [0.25, 0.3) is 10.1 Å². The number of fused-ring (bicyclic) bond motifs is 1. The molecular weight excluding hydrogens is 925 g/mol. The van der Waals surface area contributed by atoms with Gasteiger partial charge in [0.1, 0.15) is 30.2 Å². The number of aromatic amines is 1. The molecule has 0 saturated heterocycles. The van der Waals surface area contributed by atoms with Crippen molar-refractivity contribution < 1.29 is 61.5 Å². The number of hydrogen-bond donors (Lipinski definition) is 11. The zero-order valence-corrected chi connectivity index (χ0v) is 38.7. The van der Waals surface area contributed by atoms with Crippen LogP contribution in [0.25, 0.3) is 10.9 Å². The van der Waals surface area contributed by atoms with Crippen LogP contribution in [-0.2, 0) is 62.9 Å². The second-order valence-electron chi connectivity index (χ2n) is 15.8. The van der Waals surface area contributed by atoms with E-state index in [0.29, 0.717) is 41.7 Å². The third-order valence-corrected chi connectivity index (χ3v) is 12.1. The summed E-state index contributed by atoms with van der Waals surface area (Å²) >= 11 is 1.36. The number of rotatable bonds is 28. The Hall–Kier alpha value is -6.98. The van der Waals surface area contributed by atoms with E-state index in [1.54, 1.807) is 42.8 Å². The number of benzene rings is 3. The van der Waals surface area contributed by atoms with Crippen LogP contribution in [0.1, 0.15) is 55.2 Å². The third kappa shape index (κ3) is 17.7. The maximum Gasteiger partial charge on any atom is 0.405 e. The molecule has 3 aromatic carbocycles. The molecular formula is C45H56N8O13S2. The Morgan fingerprint density at radius 2 is 1.25 bits per heavy atom. The molecule has 0 radical (unpaired) electrons. The Morgan fingerprint density at radius 1 is 0.662 bits per heavy atom. The van der Waals surface area contributed by atoms with Crippen molar-refractivity contribution in [2.24, 2.45) is 5.73 Å². The Kier molecular flexibility index (Phi) is 20.8. The lowest BCUT2D eigenvalue weighted by Gasteiger charge is -2.26. The zero-order valence-electron chi connectivity index (χ0n) is 37.1. The molecule has 23 heteroatoms. The number of carboxylic acids is 1. The molecule has 366 valence electrons. The minimum absolute atomic E-state index is 0.000669. The van der Waals surface area contributed by atoms with Crippen LogP contribution in [-0.4, -0.2) is 124 Å². The lowest BCUT2D eigenvalue weighted by atomic mass is 10.0. The first kappa shape index (κ1) is 53.6. The number of carbonyl (C=O) groups excluding carboxylic acids is 6. The highest BCUT2D eigenvalue weighted by Crippen LogP contribution is 2.20. The molecule has 7 amide bonds. The van der Waals surface area contributed by atoms with Gasteiger partial charge in [-0.25, -0.2) is 4.79 Å². The molecule has 5 atom stereocenters. The number of para-hydroxylation sites is 1. The van der Waals surface area contributed by atoms with Gasteiger partial charge in [0, 0.05) is 49.3 Å². The highest BCUT2D eigenvalue weighted by Gasteiger charge is 2.33. The first-order chi connectivity index (χ1) is 32.3. The van der Waals surface area contributed by atoms with Crippen LogP contribution in [0.15, 0.2) is 90.0 Å². The second kappa shape index (κ2) is 26.4. The molecule has 1 heterocycles. The lowest BCUT2D eigenvalue weighted by molar-refractivity contribution is -0.141. The molecule has 0 unspecified atom stereocenters. The van der Waals surface area contributed by atoms with Gasteiger partial charge in [-0.05, 0) is 66.2 Å². The maximum atomic E-state index is 14.1. The normalized spacial score (nSPS) is 13.4. The quantitative estimate of drug-likeness (QED) is 0.0283. The number of nitrogens with two attached hydrogens (primary N) is 1. The molecule has 0 aliphatic carbocycles. The summed E-state index contributed by atoms with van der Waals surface area (Å²) in [4.78, 5) is 106. The number of aliphatic carboxylic acids is 1. The average Bonchev–Trinajstić information content (AvgIpc) is 3.70. The summed E-state index contributed by atoms with van der Waals surface area (Å²) in [6, 6.07) is 14.3. The summed E-state index contributed by atoms with van der Waals surface area (Å²) < 4.78 is 31.9. The number of amides is 7. The van der Waals surface area contributed by atoms with Crippen molar-refractivity contribution in [2.75, 3.05) is 18.6 Å². The van der Waals surface area contributed by atoms with E-state index >= 15 is 0 Å². The molecule has 68 heavy (non-hydrogen) atoms. The summed E-state index contributed by atoms with van der Waals surface area (Å²) in [5.74, 6) is -5.68. The van der Waals surface area contributed by atoms with Gasteiger partial charge in [0.15, 0.2) is 0 Å². The smallest absolute Gasteiger partial charge is 0.405 e. The minimum Gasteiger partial charge on any atom is -0.481 e. The Labute approximate surface area is 396 Å². The average molecular weight is 981 g/mol. The standard InChI is InChI=1S/C45H56N8O13S2/c1-67-21-19-33(42(59)52-37(25-39(55)56)44(61)51-34(40(46)57)22-27-10-4-2-5-11-27)50-43(60)36(24-29-26-48-32-13-8-7-12-31(29)32)49-38(54)14-6-3-9-20-47-41(58)35(53-45(62)63)23-28-15-17-30(18-16-28)68(64,65)66/h2,4-5,7-8,10-13,15-18,26,33-37,48,53H,3,6,9,14,19-25H2,1H3,(H2,46,57)(H,47,58)(H,49,54)(H,50,60)(H,51,61)(H,52,59)(H,55,56)(H,62,63)(H,64,65,66)/t33-,34-,35-,36-,37-/m0/s1. The van der Waals surface area contributed by atoms with Crippen LogP contribution in [0.5, 0.6) is 0 Å². The number of thioether (sulfide) groups is 1. The van der Waals surface area contributed by atoms with Crippen molar-refractivity contribution in [3.63, 3.8) is 0 Å². The van der Waals surface area contributed by atoms with Crippen molar-refractivity contribution in [1.29, 1.82) is 0 Å². The summed E-state index contributed by atoms with van der Waals surface area (Å²) in [6.07, 6.45) is 2.23. The predicted molar refractivity (Wildman–Crippen MR) is 251 cm³/mol. The predicted octanol–water partition coefficient (Wildman–Crippen LogP) is 1.41. The van der Waals surface area contributed by atoms with Crippen molar-refractivity contribution in [2.45, 2.75) is 92.9 Å². The fraction of sp³-hybridized carbons (Fsp3) is 0.378. The largest absolute Gasteiger partial charge is 0.481 e. The van der Waals surface area contributed by atoms with Gasteiger partial charge in [-0.2, -0.15) is 20.2 Å². The van der Waals surface area contributed by atoms with E-state index in [9.17, 15) is 61.5 Å². The Balaban J connectivity index is 1.39. The first-order valence-electron chi connectivity index (χ1n) is 21.5. The highest BCUT2D eigenvalue weighted by atomic mass is 32.2. The topological polar surface area (TPSA) is 345 Å². The zero-order chi connectivity index (χ0) is 49.8. The molecule has 21 nitrogen and oxygen atoms in total. The molecule has 0 aliphatic rings. The second-order valence-corrected chi connectivity index (χ2v) is 18.2. The summed E-state index contributed by atoms with van der Waals surface area (Å²) in [5, 5.41) is 34.8. The summed E-state index contributed by atoms with van der Waals surface area (Å²) in [7, 11) is -4.45. The van der Waals surface area contributed by atoms with Crippen LogP contribution in [0.3, 0.4) is 0 Å². The number of carboxylic acid groups (broad SMARTS) is 2. The van der Waals surface area contributed by atoms with Gasteiger partial charge in [0.05, 0.1) is 11.3 Å². The van der Waals surface area contributed by atoms with E-state index in [4.69, 9.17) is 5.73 Å². The van der Waals surface area contributed by atoms with E-state index in [0.717, 1.165) is 23.0 Å². The van der Waals surface area contributed by atoms with Crippen molar-refractivity contribution in [3.8, 4) is 0 Å². The third-order valence-electron chi connectivity index (χ3n) is 10.6. The van der Waals surface area contributed by atoms with E-state index in [1.807, 2.05) is 24.3 Å². The van der Waals surface area contributed by atoms with Gasteiger partial charge >= 0.3 is 12.1 Å². The van der Waals surface area contributed by atoms with Gasteiger partial charge in [-0.15, -0.1) is 0 Å². The van der Waals surface area contributed by atoms with Crippen LogP contribution in [0.2, 0.25) is 0 Å². The molecule has 0 saturated carbocycles. The molecule has 12 N–H and O–H groups in total. The molecule has 0 bridgehead atoms. The summed E-state index contributed by atoms with van der Waals surface area (Å²) in [5.41, 5.74) is 8.11. The van der Waals surface area contributed by atoms with Gasteiger partial charge < -0.3 is 52.8 Å². The molecule has 0 spiro atoms. The molecule has 0 fully saturated rings. The fourth-order valence-electron chi connectivity index (χ4n) is 7.09. The van der Waals surface area contributed by atoms with Gasteiger partial charge in [0.2, 0.25) is 35.4 Å².